The highest BCUT2D eigenvalue weighted by atomic mass is 16.5. The number of aliphatic hydroxyl groups is 1. The van der Waals surface area contributed by atoms with Crippen molar-refractivity contribution in [3.63, 3.8) is 0 Å². The fraction of sp³-hybridized carbons (Fsp3) is 0.409. The topological polar surface area (TPSA) is 68.2 Å². The Morgan fingerprint density at radius 2 is 1.96 bits per heavy atom. The van der Waals surface area contributed by atoms with Crippen LogP contribution < -0.4 is 9.47 Å². The van der Waals surface area contributed by atoms with E-state index in [1.54, 1.807) is 18.2 Å². The molecule has 1 N–H and O–H groups in total. The van der Waals surface area contributed by atoms with E-state index in [0.29, 0.717) is 29.6 Å². The number of hydrogen-bond donors (Lipinski definition) is 1. The third-order valence-corrected chi connectivity index (χ3v) is 5.01. The number of hydrogen-bond acceptors (Lipinski definition) is 6. The molecule has 28 heavy (non-hydrogen) atoms. The molecular weight excluding hydrogens is 358 g/mol. The van der Waals surface area contributed by atoms with E-state index in [1.165, 1.54) is 19.8 Å². The summed E-state index contributed by atoms with van der Waals surface area (Å²) >= 11 is 0. The van der Waals surface area contributed by atoms with Crippen molar-refractivity contribution in [1.82, 2.24) is 4.90 Å². The quantitative estimate of drug-likeness (QED) is 0.705. The number of likely N-dealkylation sites (tertiary alicyclic amines) is 1. The molecule has 0 aliphatic carbocycles. The zero-order chi connectivity index (χ0) is 19.9. The highest BCUT2D eigenvalue weighted by Crippen LogP contribution is 2.32. The molecular formula is C22H27NO5. The summed E-state index contributed by atoms with van der Waals surface area (Å²) in [7, 11) is 2.84. The van der Waals surface area contributed by atoms with Gasteiger partial charge in [-0.15, -0.1) is 0 Å². The Morgan fingerprint density at radius 3 is 2.68 bits per heavy atom. The maximum Gasteiger partial charge on any atom is 0.337 e. The number of benzene rings is 2. The molecule has 6 nitrogen and oxygen atoms in total. The third-order valence-electron chi connectivity index (χ3n) is 5.01. The van der Waals surface area contributed by atoms with Gasteiger partial charge in [0.25, 0.3) is 0 Å². The number of β-amino-alcohol motifs (C(OH)–C–C–N with tert-alkyl or cyclic N) is 1. The molecule has 2 unspecified atom stereocenters. The van der Waals surface area contributed by atoms with E-state index >= 15 is 0 Å². The molecule has 6 heteroatoms. The summed E-state index contributed by atoms with van der Waals surface area (Å²) in [4.78, 5) is 13.9. The Kier molecular flexibility index (Phi) is 6.90. The highest BCUT2D eigenvalue weighted by Gasteiger charge is 2.27. The van der Waals surface area contributed by atoms with Gasteiger partial charge in [-0.05, 0) is 43.1 Å². The van der Waals surface area contributed by atoms with Crippen molar-refractivity contribution < 1.29 is 24.1 Å². The van der Waals surface area contributed by atoms with Gasteiger partial charge >= 0.3 is 5.97 Å². The first kappa shape index (κ1) is 20.2. The van der Waals surface area contributed by atoms with Gasteiger partial charge in [0, 0.05) is 12.6 Å². The molecule has 0 radical (unpaired) electrons. The van der Waals surface area contributed by atoms with Crippen LogP contribution in [-0.2, 0) is 4.74 Å². The zero-order valence-electron chi connectivity index (χ0n) is 16.3. The lowest BCUT2D eigenvalue weighted by molar-refractivity contribution is 0.0595. The van der Waals surface area contributed by atoms with Gasteiger partial charge < -0.3 is 19.3 Å². The molecule has 2 aromatic carbocycles. The van der Waals surface area contributed by atoms with Crippen LogP contribution in [0.15, 0.2) is 48.5 Å². The summed E-state index contributed by atoms with van der Waals surface area (Å²) in [5, 5.41) is 10.5. The molecule has 0 spiro atoms. The summed E-state index contributed by atoms with van der Waals surface area (Å²) in [6, 6.07) is 15.6. The van der Waals surface area contributed by atoms with Gasteiger partial charge in [0.05, 0.1) is 19.8 Å². The molecule has 1 heterocycles. The predicted octanol–water partition coefficient (Wildman–Crippen LogP) is 3.06. The van der Waals surface area contributed by atoms with Gasteiger partial charge in [0.2, 0.25) is 0 Å². The van der Waals surface area contributed by atoms with E-state index in [4.69, 9.17) is 14.2 Å². The van der Waals surface area contributed by atoms with Crippen LogP contribution >= 0.6 is 0 Å². The number of ether oxygens (including phenoxy) is 3. The fourth-order valence-electron chi connectivity index (χ4n) is 3.64. The van der Waals surface area contributed by atoms with E-state index in [9.17, 15) is 9.90 Å². The Balaban J connectivity index is 1.58. The number of carbonyl (C=O) groups excluding carboxylic acids is 1. The van der Waals surface area contributed by atoms with Gasteiger partial charge in [-0.2, -0.15) is 0 Å². The lowest BCUT2D eigenvalue weighted by Crippen LogP contribution is -2.35. The van der Waals surface area contributed by atoms with Crippen LogP contribution in [0.1, 0.15) is 34.8 Å². The van der Waals surface area contributed by atoms with Gasteiger partial charge in [0.15, 0.2) is 11.5 Å². The van der Waals surface area contributed by atoms with Gasteiger partial charge in [-0.25, -0.2) is 4.79 Å². The molecule has 0 aromatic heterocycles. The Labute approximate surface area is 165 Å². The minimum Gasteiger partial charge on any atom is -0.493 e. The molecule has 1 aliphatic rings. The number of aliphatic hydroxyl groups excluding tert-OH is 1. The molecule has 1 saturated heterocycles. The van der Waals surface area contributed by atoms with Crippen LogP contribution in [0.5, 0.6) is 11.5 Å². The largest absolute Gasteiger partial charge is 0.493 e. The Hall–Kier alpha value is -2.57. The Morgan fingerprint density at radius 1 is 1.18 bits per heavy atom. The second kappa shape index (κ2) is 9.57. The number of methoxy groups -OCH3 is 2. The molecule has 3 rings (SSSR count). The molecule has 2 aromatic rings. The monoisotopic (exact) mass is 385 g/mol. The molecule has 0 bridgehead atoms. The molecule has 2 atom stereocenters. The fourth-order valence-corrected chi connectivity index (χ4v) is 3.64. The third kappa shape index (κ3) is 4.82. The molecule has 150 valence electrons. The van der Waals surface area contributed by atoms with Crippen molar-refractivity contribution in [1.29, 1.82) is 0 Å². The van der Waals surface area contributed by atoms with E-state index in [1.807, 2.05) is 6.07 Å². The van der Waals surface area contributed by atoms with Crippen LogP contribution in [0.3, 0.4) is 0 Å². The van der Waals surface area contributed by atoms with Crippen molar-refractivity contribution in [2.24, 2.45) is 0 Å². The second-order valence-corrected chi connectivity index (χ2v) is 6.89. The molecule has 0 saturated carbocycles. The lowest BCUT2D eigenvalue weighted by Gasteiger charge is -2.27. The van der Waals surface area contributed by atoms with Crippen molar-refractivity contribution in [3.05, 3.63) is 59.7 Å². The highest BCUT2D eigenvalue weighted by molar-refractivity contribution is 5.90. The Bertz CT molecular complexity index is 780. The average Bonchev–Trinajstić information content (AvgIpc) is 3.20. The van der Waals surface area contributed by atoms with Gasteiger partial charge in [-0.1, -0.05) is 30.3 Å². The summed E-state index contributed by atoms with van der Waals surface area (Å²) in [6.07, 6.45) is 1.59. The van der Waals surface area contributed by atoms with E-state index < -0.39 is 12.1 Å². The first-order chi connectivity index (χ1) is 13.6. The summed E-state index contributed by atoms with van der Waals surface area (Å²) < 4.78 is 15.8. The standard InChI is InChI=1S/C22H27NO5/c1-26-21-13-17(22(25)27-2)10-11-20(21)28-15-18(24)14-23-12-6-9-19(23)16-7-4-3-5-8-16/h3-5,7-8,10-11,13,18-19,24H,6,9,12,14-15H2,1-2H3. The SMILES string of the molecule is COC(=O)c1ccc(OCC(O)CN2CCCC2c2ccccc2)c(OC)c1. The maximum absolute atomic E-state index is 11.6. The average molecular weight is 385 g/mol. The number of nitrogens with zero attached hydrogens (tertiary/aromatic N) is 1. The van der Waals surface area contributed by atoms with Crippen LogP contribution in [0.25, 0.3) is 0 Å². The van der Waals surface area contributed by atoms with Crippen molar-refractivity contribution in [2.45, 2.75) is 25.0 Å². The van der Waals surface area contributed by atoms with Crippen LogP contribution in [0.2, 0.25) is 0 Å². The molecule has 0 amide bonds. The van der Waals surface area contributed by atoms with Crippen LogP contribution in [0.4, 0.5) is 0 Å². The smallest absolute Gasteiger partial charge is 0.337 e. The number of rotatable bonds is 8. The minimum atomic E-state index is -0.630. The first-order valence-corrected chi connectivity index (χ1v) is 9.48. The number of carbonyl (C=O) groups is 1. The molecule has 1 fully saturated rings. The summed E-state index contributed by atoms with van der Waals surface area (Å²) in [5.41, 5.74) is 1.67. The van der Waals surface area contributed by atoms with Crippen molar-refractivity contribution in [3.8, 4) is 11.5 Å². The van der Waals surface area contributed by atoms with Crippen LogP contribution in [0, 0.1) is 0 Å². The predicted molar refractivity (Wildman–Crippen MR) is 106 cm³/mol. The normalized spacial score (nSPS) is 17.9. The number of esters is 1. The van der Waals surface area contributed by atoms with Gasteiger partial charge in [-0.3, -0.25) is 4.90 Å². The second-order valence-electron chi connectivity index (χ2n) is 6.89. The summed E-state index contributed by atoms with van der Waals surface area (Å²) in [6.45, 7) is 1.65. The van der Waals surface area contributed by atoms with Crippen LogP contribution in [-0.4, -0.2) is 56.0 Å². The lowest BCUT2D eigenvalue weighted by atomic mass is 10.0. The van der Waals surface area contributed by atoms with E-state index in [2.05, 4.69) is 29.2 Å². The van der Waals surface area contributed by atoms with Crippen molar-refractivity contribution >= 4 is 5.97 Å². The van der Waals surface area contributed by atoms with Crippen molar-refractivity contribution in [2.75, 3.05) is 33.9 Å². The first-order valence-electron chi connectivity index (χ1n) is 9.48. The summed E-state index contributed by atoms with van der Waals surface area (Å²) in [5.74, 6) is 0.472. The van der Waals surface area contributed by atoms with E-state index in [0.717, 1.165) is 19.4 Å². The maximum atomic E-state index is 11.6. The van der Waals surface area contributed by atoms with E-state index in [-0.39, 0.29) is 6.61 Å². The van der Waals surface area contributed by atoms with Gasteiger partial charge in [0.1, 0.15) is 12.7 Å². The molecule has 1 aliphatic heterocycles. The zero-order valence-corrected chi connectivity index (χ0v) is 16.3. The minimum absolute atomic E-state index is 0.145.